The molecule has 1 heteroatoms. The van der Waals surface area contributed by atoms with Gasteiger partial charge in [-0.2, -0.15) is 0 Å². The van der Waals surface area contributed by atoms with E-state index in [9.17, 15) is 0 Å². The maximum absolute atomic E-state index is 4.30. The van der Waals surface area contributed by atoms with Crippen molar-refractivity contribution in [3.63, 3.8) is 0 Å². The van der Waals surface area contributed by atoms with Gasteiger partial charge in [0.2, 0.25) is 0 Å². The number of hydrogen-bond donors (Lipinski definition) is 1. The van der Waals surface area contributed by atoms with Gasteiger partial charge in [-0.15, -0.1) is 0 Å². The molecule has 0 aliphatic heterocycles. The van der Waals surface area contributed by atoms with E-state index in [1.54, 1.807) is 0 Å². The van der Waals surface area contributed by atoms with Gasteiger partial charge in [0.05, 0.1) is 0 Å². The van der Waals surface area contributed by atoms with Crippen LogP contribution < -0.4 is 5.32 Å². The zero-order valence-electron chi connectivity index (χ0n) is 12.7. The molecule has 0 saturated heterocycles. The van der Waals surface area contributed by atoms with E-state index >= 15 is 0 Å². The summed E-state index contributed by atoms with van der Waals surface area (Å²) in [5, 5.41) is 3.66. The molecule has 0 fully saturated rings. The Bertz CT molecular complexity index is 267. The van der Waals surface area contributed by atoms with E-state index in [1.165, 1.54) is 5.57 Å². The van der Waals surface area contributed by atoms with Gasteiger partial charge in [-0.3, -0.25) is 0 Å². The Labute approximate surface area is 108 Å². The van der Waals surface area contributed by atoms with Crippen LogP contribution >= 0.6 is 0 Å². The molecule has 0 amide bonds. The van der Waals surface area contributed by atoms with Crippen LogP contribution in [0.1, 0.15) is 60.8 Å². The molecule has 0 rings (SSSR count). The first-order valence-corrected chi connectivity index (χ1v) is 7.02. The molecule has 0 aromatic heterocycles. The Hall–Kier alpha value is -0.560. The lowest BCUT2D eigenvalue weighted by Gasteiger charge is -2.47. The van der Waals surface area contributed by atoms with Crippen LogP contribution in [0.15, 0.2) is 24.3 Å². The van der Waals surface area contributed by atoms with Gasteiger partial charge in [-0.05, 0) is 38.3 Å². The second-order valence-electron chi connectivity index (χ2n) is 5.24. The summed E-state index contributed by atoms with van der Waals surface area (Å²) < 4.78 is 0. The first-order valence-electron chi connectivity index (χ1n) is 7.02. The van der Waals surface area contributed by atoms with E-state index in [0.717, 1.165) is 25.8 Å². The van der Waals surface area contributed by atoms with Gasteiger partial charge in [0.15, 0.2) is 0 Å². The number of nitrogens with one attached hydrogen (secondary N) is 1. The Morgan fingerprint density at radius 1 is 1.12 bits per heavy atom. The molecule has 0 aromatic rings. The molecule has 0 radical (unpaired) electrons. The van der Waals surface area contributed by atoms with Crippen LogP contribution in [0, 0.1) is 5.41 Å². The van der Waals surface area contributed by atoms with Crippen LogP contribution in [-0.4, -0.2) is 12.1 Å². The van der Waals surface area contributed by atoms with Crippen molar-refractivity contribution in [1.82, 2.24) is 5.32 Å². The third-order valence-electron chi connectivity index (χ3n) is 4.46. The van der Waals surface area contributed by atoms with E-state index in [4.69, 9.17) is 0 Å². The summed E-state index contributed by atoms with van der Waals surface area (Å²) >= 11 is 0. The highest BCUT2D eigenvalue weighted by Crippen LogP contribution is 2.43. The van der Waals surface area contributed by atoms with Crippen molar-refractivity contribution in [1.29, 1.82) is 0 Å². The fourth-order valence-corrected chi connectivity index (χ4v) is 2.52. The van der Waals surface area contributed by atoms with Crippen LogP contribution in [0.2, 0.25) is 0 Å². The van der Waals surface area contributed by atoms with Gasteiger partial charge in [0.25, 0.3) is 0 Å². The highest BCUT2D eigenvalue weighted by molar-refractivity contribution is 5.28. The lowest BCUT2D eigenvalue weighted by atomic mass is 9.64. The van der Waals surface area contributed by atoms with E-state index in [-0.39, 0.29) is 11.0 Å². The SMILES string of the molecule is C=C(/C=C\CC)C(C)(CC)C(C)(CC)NCC. The maximum atomic E-state index is 4.30. The highest BCUT2D eigenvalue weighted by atomic mass is 15.0. The standard InChI is InChI=1S/C16H31N/c1-8-12-13-14(5)15(6,9-2)16(7,10-3)17-11-4/h12-13,17H,5,8-11H2,1-4,6-7H3/b13-12-. The summed E-state index contributed by atoms with van der Waals surface area (Å²) in [6.45, 7) is 18.8. The molecular formula is C16H31N. The fraction of sp³-hybridized carbons (Fsp3) is 0.750. The van der Waals surface area contributed by atoms with Crippen molar-refractivity contribution in [2.75, 3.05) is 6.54 Å². The van der Waals surface area contributed by atoms with Gasteiger partial charge in [0.1, 0.15) is 0 Å². The van der Waals surface area contributed by atoms with Crippen molar-refractivity contribution in [2.45, 2.75) is 66.3 Å². The van der Waals surface area contributed by atoms with Crippen LogP contribution in [0.4, 0.5) is 0 Å². The first-order chi connectivity index (χ1) is 7.91. The molecule has 0 aliphatic rings. The molecule has 2 atom stereocenters. The topological polar surface area (TPSA) is 12.0 Å². The average molecular weight is 237 g/mol. The average Bonchev–Trinajstić information content (AvgIpc) is 2.34. The molecule has 1 nitrogen and oxygen atoms in total. The molecule has 2 unspecified atom stereocenters. The molecule has 1 N–H and O–H groups in total. The van der Waals surface area contributed by atoms with Crippen molar-refractivity contribution < 1.29 is 0 Å². The zero-order valence-corrected chi connectivity index (χ0v) is 12.7. The summed E-state index contributed by atoms with van der Waals surface area (Å²) in [4.78, 5) is 0. The quantitative estimate of drug-likeness (QED) is 0.603. The van der Waals surface area contributed by atoms with Crippen LogP contribution in [0.3, 0.4) is 0 Å². The van der Waals surface area contributed by atoms with E-state index in [0.29, 0.717) is 0 Å². The highest BCUT2D eigenvalue weighted by Gasteiger charge is 2.42. The Morgan fingerprint density at radius 3 is 2.06 bits per heavy atom. The van der Waals surface area contributed by atoms with Gasteiger partial charge >= 0.3 is 0 Å². The van der Waals surface area contributed by atoms with E-state index < -0.39 is 0 Å². The van der Waals surface area contributed by atoms with Gasteiger partial charge < -0.3 is 5.32 Å². The van der Waals surface area contributed by atoms with Crippen molar-refractivity contribution >= 4 is 0 Å². The van der Waals surface area contributed by atoms with E-state index in [2.05, 4.69) is 65.6 Å². The number of allylic oxidation sites excluding steroid dienone is 2. The molecule has 0 saturated carbocycles. The normalized spacial score (nSPS) is 18.9. The molecule has 17 heavy (non-hydrogen) atoms. The van der Waals surface area contributed by atoms with Crippen LogP contribution in [-0.2, 0) is 0 Å². The third kappa shape index (κ3) is 3.45. The minimum atomic E-state index is 0.115. The van der Waals surface area contributed by atoms with Crippen molar-refractivity contribution in [2.24, 2.45) is 5.41 Å². The summed E-state index contributed by atoms with van der Waals surface area (Å²) in [6.07, 6.45) is 7.71. The van der Waals surface area contributed by atoms with Crippen LogP contribution in [0.25, 0.3) is 0 Å². The molecular weight excluding hydrogens is 206 g/mol. The summed E-state index contributed by atoms with van der Waals surface area (Å²) in [5.41, 5.74) is 1.47. The fourth-order valence-electron chi connectivity index (χ4n) is 2.52. The maximum Gasteiger partial charge on any atom is 0.0244 e. The Morgan fingerprint density at radius 2 is 1.71 bits per heavy atom. The monoisotopic (exact) mass is 237 g/mol. The molecule has 0 aromatic carbocycles. The summed E-state index contributed by atoms with van der Waals surface area (Å²) in [6, 6.07) is 0. The molecule has 0 heterocycles. The van der Waals surface area contributed by atoms with Crippen molar-refractivity contribution in [3.05, 3.63) is 24.3 Å². The molecule has 0 spiro atoms. The van der Waals surface area contributed by atoms with Crippen LogP contribution in [0.5, 0.6) is 0 Å². The first kappa shape index (κ1) is 16.4. The minimum Gasteiger partial charge on any atom is -0.311 e. The molecule has 0 aliphatic carbocycles. The smallest absolute Gasteiger partial charge is 0.0244 e. The second-order valence-corrected chi connectivity index (χ2v) is 5.24. The van der Waals surface area contributed by atoms with E-state index in [1.807, 2.05) is 0 Å². The zero-order chi connectivity index (χ0) is 13.5. The van der Waals surface area contributed by atoms with Gasteiger partial charge in [0, 0.05) is 11.0 Å². The second kappa shape index (κ2) is 7.00. The van der Waals surface area contributed by atoms with Crippen molar-refractivity contribution in [3.8, 4) is 0 Å². The largest absolute Gasteiger partial charge is 0.311 e. The lowest BCUT2D eigenvalue weighted by Crippen LogP contribution is -2.55. The van der Waals surface area contributed by atoms with Gasteiger partial charge in [-0.1, -0.05) is 53.3 Å². The summed E-state index contributed by atoms with van der Waals surface area (Å²) in [5.74, 6) is 0. The van der Waals surface area contributed by atoms with Gasteiger partial charge in [-0.25, -0.2) is 0 Å². The lowest BCUT2D eigenvalue weighted by molar-refractivity contribution is 0.149. The number of rotatable bonds is 8. The predicted molar refractivity (Wildman–Crippen MR) is 79.3 cm³/mol. The molecule has 100 valence electrons. The predicted octanol–water partition coefficient (Wildman–Crippen LogP) is 4.70. The summed E-state index contributed by atoms with van der Waals surface area (Å²) in [7, 11) is 0. The third-order valence-corrected chi connectivity index (χ3v) is 4.46. The minimum absolute atomic E-state index is 0.115. The number of hydrogen-bond acceptors (Lipinski definition) is 1. The Kier molecular flexibility index (Phi) is 6.77. The Balaban J connectivity index is 5.22. The molecule has 0 bridgehead atoms.